The predicted molar refractivity (Wildman–Crippen MR) is 222 cm³/mol. The lowest BCUT2D eigenvalue weighted by Gasteiger charge is -2.72. The number of rotatable bonds is 22. The number of likely N-dealkylation sites (tertiary alicyclic amines) is 1. The molecular formula is C47H73NO12. The third kappa shape index (κ3) is 6.73. The van der Waals surface area contributed by atoms with Crippen molar-refractivity contribution in [3.63, 3.8) is 0 Å². The third-order valence-corrected chi connectivity index (χ3v) is 16.4. The summed E-state index contributed by atoms with van der Waals surface area (Å²) in [5.74, 6) is -4.17. The van der Waals surface area contributed by atoms with Crippen molar-refractivity contribution >= 4 is 11.9 Å². The van der Waals surface area contributed by atoms with Crippen LogP contribution in [-0.2, 0) is 33.2 Å². The zero-order chi connectivity index (χ0) is 43.1. The Morgan fingerprint density at radius 1 is 0.800 bits per heavy atom. The van der Waals surface area contributed by atoms with Gasteiger partial charge in [-0.2, -0.15) is 0 Å². The smallest absolute Gasteiger partial charge is 0.338 e. The predicted octanol–water partition coefficient (Wildman–Crippen LogP) is 4.83. The molecule has 1 aromatic rings. The van der Waals surface area contributed by atoms with E-state index in [1.54, 1.807) is 51.7 Å². The van der Waals surface area contributed by atoms with E-state index in [2.05, 4.69) is 11.8 Å². The van der Waals surface area contributed by atoms with Crippen molar-refractivity contribution in [2.45, 2.75) is 169 Å². The minimum atomic E-state index is -2.13. The van der Waals surface area contributed by atoms with E-state index in [0.29, 0.717) is 13.0 Å². The Bertz CT molecular complexity index is 1630. The molecule has 13 heteroatoms. The summed E-state index contributed by atoms with van der Waals surface area (Å²) in [6.07, 6.45) is 7.64. The van der Waals surface area contributed by atoms with Crippen molar-refractivity contribution < 1.29 is 58.4 Å². The van der Waals surface area contributed by atoms with Gasteiger partial charge in [-0.15, -0.1) is 0 Å². The molecule has 0 aromatic heterocycles. The Hall–Kier alpha value is -2.20. The fourth-order valence-corrected chi connectivity index (χ4v) is 14.5. The average Bonchev–Trinajstić information content (AvgIpc) is 3.60. The normalized spacial score (nSPS) is 42.3. The zero-order valence-corrected chi connectivity index (χ0v) is 36.9. The number of benzene rings is 1. The Kier molecular flexibility index (Phi) is 13.8. The number of piperidine rings is 1. The van der Waals surface area contributed by atoms with E-state index in [1.807, 2.05) is 7.05 Å². The molecule has 7 rings (SSSR count). The van der Waals surface area contributed by atoms with Crippen LogP contribution in [0.15, 0.2) is 30.3 Å². The molecule has 0 radical (unpaired) electrons. The van der Waals surface area contributed by atoms with Crippen molar-refractivity contribution in [2.24, 2.45) is 28.6 Å². The van der Waals surface area contributed by atoms with Gasteiger partial charge in [-0.3, -0.25) is 4.79 Å². The van der Waals surface area contributed by atoms with Crippen LogP contribution < -0.4 is 0 Å². The second-order valence-corrected chi connectivity index (χ2v) is 19.3. The fourth-order valence-electron chi connectivity index (χ4n) is 14.5. The molecule has 1 heterocycles. The summed E-state index contributed by atoms with van der Waals surface area (Å²) < 4.78 is 38.0. The Morgan fingerprint density at radius 2 is 1.42 bits per heavy atom. The van der Waals surface area contributed by atoms with E-state index in [-0.39, 0.29) is 25.0 Å². The Labute approximate surface area is 356 Å². The van der Waals surface area contributed by atoms with Crippen LogP contribution in [0.3, 0.4) is 0 Å². The number of nitrogens with zero attached hydrogens (tertiary/aromatic N) is 1. The van der Waals surface area contributed by atoms with Crippen molar-refractivity contribution in [3.8, 4) is 0 Å². The molecule has 1 spiro atoms. The summed E-state index contributed by atoms with van der Waals surface area (Å²) in [6, 6.07) is 7.75. The van der Waals surface area contributed by atoms with Gasteiger partial charge in [0.15, 0.2) is 5.60 Å². The van der Waals surface area contributed by atoms with Gasteiger partial charge in [0.1, 0.15) is 23.9 Å². The summed E-state index contributed by atoms with van der Waals surface area (Å²) in [5.41, 5.74) is -8.20. The highest BCUT2D eigenvalue weighted by atomic mass is 16.6. The third-order valence-electron chi connectivity index (χ3n) is 16.4. The van der Waals surface area contributed by atoms with Gasteiger partial charge in [0.05, 0.1) is 42.0 Å². The molecule has 7 bridgehead atoms. The first-order chi connectivity index (χ1) is 28.8. The van der Waals surface area contributed by atoms with Gasteiger partial charge in [-0.1, -0.05) is 102 Å². The van der Waals surface area contributed by atoms with Gasteiger partial charge >= 0.3 is 11.9 Å². The van der Waals surface area contributed by atoms with Crippen molar-refractivity contribution in [2.75, 3.05) is 48.6 Å². The molecule has 1 aromatic carbocycles. The number of fused-ring (bicyclic) bond motifs is 2. The molecule has 13 nitrogen and oxygen atoms in total. The number of aliphatic hydroxyl groups excluding tert-OH is 2. The van der Waals surface area contributed by atoms with E-state index in [0.717, 1.165) is 19.3 Å². The average molecular weight is 844 g/mol. The summed E-state index contributed by atoms with van der Waals surface area (Å²) >= 11 is 0. The Morgan fingerprint density at radius 3 is 1.98 bits per heavy atom. The lowest BCUT2D eigenvalue weighted by Crippen LogP contribution is -2.85. The molecule has 1 unspecified atom stereocenters. The van der Waals surface area contributed by atoms with Crippen LogP contribution >= 0.6 is 0 Å². The van der Waals surface area contributed by atoms with E-state index in [1.165, 1.54) is 64.9 Å². The monoisotopic (exact) mass is 844 g/mol. The van der Waals surface area contributed by atoms with Crippen molar-refractivity contribution in [3.05, 3.63) is 35.9 Å². The highest BCUT2D eigenvalue weighted by molar-refractivity contribution is 5.89. The highest BCUT2D eigenvalue weighted by Crippen LogP contribution is 2.81. The fraction of sp³-hybridized carbons (Fsp3) is 0.830. The molecule has 0 amide bonds. The van der Waals surface area contributed by atoms with Crippen LogP contribution in [0.25, 0.3) is 0 Å². The van der Waals surface area contributed by atoms with Gasteiger partial charge in [0.25, 0.3) is 0 Å². The van der Waals surface area contributed by atoms with Crippen molar-refractivity contribution in [1.82, 2.24) is 4.90 Å². The lowest BCUT2D eigenvalue weighted by atomic mass is 9.40. The van der Waals surface area contributed by atoms with Crippen LogP contribution in [0.2, 0.25) is 0 Å². The molecule has 5 aliphatic carbocycles. The molecule has 6 aliphatic rings. The van der Waals surface area contributed by atoms with Crippen LogP contribution in [0.5, 0.6) is 0 Å². The number of hydrogen-bond donors (Lipinski definition) is 4. The summed E-state index contributed by atoms with van der Waals surface area (Å²) in [5, 5.41) is 52.2. The summed E-state index contributed by atoms with van der Waals surface area (Å²) in [6.45, 7) is 2.72. The standard InChI is InChI=1S/C47H73NO12/c1-7-8-9-10-11-12-13-14-15-16-17-18-22-25-33(50)60-47-34-35(57-5)36-43(29-55-3)28-48(2)38(34)46(36,32(56-4)26-31(43)49)45(54)27-44(53,41(58-6)39(47)51)40(37(45)47)59-42(52)30-23-20-19-21-24-30/h19-21,23-24,31-32,34-41,49,51,53-54H,7-18,22,25-29H2,1-6H3/t31?,32-,34-,35-,36+,37-,38+,39-,40+,41-,43-,44-,45-,46+,47-/m0/s1. The molecule has 5 saturated carbocycles. The van der Waals surface area contributed by atoms with Gasteiger partial charge in [-0.25, -0.2) is 4.79 Å². The molecule has 6 fully saturated rings. The number of ether oxygens (including phenoxy) is 6. The largest absolute Gasteiger partial charge is 0.455 e. The number of methoxy groups -OCH3 is 4. The second kappa shape index (κ2) is 18.1. The maximum absolute atomic E-state index is 14.5. The van der Waals surface area contributed by atoms with E-state index in [4.69, 9.17) is 28.4 Å². The maximum atomic E-state index is 14.5. The molecule has 60 heavy (non-hydrogen) atoms. The number of carbonyl (C=O) groups is 2. The first-order valence-electron chi connectivity index (χ1n) is 22.9. The van der Waals surface area contributed by atoms with Gasteiger partial charge in [0.2, 0.25) is 0 Å². The first-order valence-corrected chi connectivity index (χ1v) is 22.9. The zero-order valence-electron chi connectivity index (χ0n) is 36.9. The van der Waals surface area contributed by atoms with E-state index in [9.17, 15) is 30.0 Å². The van der Waals surface area contributed by atoms with Crippen LogP contribution in [-0.4, -0.2) is 145 Å². The van der Waals surface area contributed by atoms with Gasteiger partial charge in [-0.05, 0) is 25.6 Å². The van der Waals surface area contributed by atoms with Gasteiger partial charge < -0.3 is 53.7 Å². The van der Waals surface area contributed by atoms with Crippen molar-refractivity contribution in [1.29, 1.82) is 0 Å². The molecular weight excluding hydrogens is 771 g/mol. The number of aliphatic hydroxyl groups is 4. The lowest BCUT2D eigenvalue weighted by molar-refractivity contribution is -0.353. The molecule has 1 saturated heterocycles. The molecule has 1 aliphatic heterocycles. The van der Waals surface area contributed by atoms with Gasteiger partial charge in [0, 0.05) is 83.0 Å². The number of hydrogen-bond acceptors (Lipinski definition) is 13. The van der Waals surface area contributed by atoms with E-state index < -0.39 is 106 Å². The summed E-state index contributed by atoms with van der Waals surface area (Å²) in [4.78, 5) is 30.6. The summed E-state index contributed by atoms with van der Waals surface area (Å²) in [7, 11) is 7.96. The van der Waals surface area contributed by atoms with Crippen LogP contribution in [0.4, 0.5) is 0 Å². The first kappa shape index (κ1) is 45.8. The minimum absolute atomic E-state index is 0.0697. The molecule has 4 N–H and O–H groups in total. The second-order valence-electron chi connectivity index (χ2n) is 19.3. The van der Waals surface area contributed by atoms with Crippen LogP contribution in [0, 0.1) is 28.6 Å². The Balaban J connectivity index is 1.24. The number of carbonyl (C=O) groups excluding carboxylic acids is 2. The highest BCUT2D eigenvalue weighted by Gasteiger charge is 2.96. The maximum Gasteiger partial charge on any atom is 0.338 e. The quantitative estimate of drug-likeness (QED) is 0.0925. The van der Waals surface area contributed by atoms with Crippen LogP contribution in [0.1, 0.15) is 120 Å². The SMILES string of the molecule is CCCCCCCCCCCCCCCC(=O)O[C@@]12[C@H]3[C@H](OC)[C@@H]4[C@]5(COC)CN(C)[C@H]3[C@]4([C@@H](OC)CC5O)[C@]3(O)C[C@](O)([C@H](OC(=O)c4ccccc4)[C@H]13)[C@@H](OC)[C@@H]2O. The number of unbranched alkanes of at least 4 members (excludes halogenated alkanes) is 12. The minimum Gasteiger partial charge on any atom is -0.455 e. The molecule has 338 valence electrons. The number of esters is 2. The topological polar surface area (TPSA) is 174 Å². The molecule has 15 atom stereocenters. The van der Waals surface area contributed by atoms with E-state index >= 15 is 0 Å².